The summed E-state index contributed by atoms with van der Waals surface area (Å²) in [6.07, 6.45) is 6.61. The van der Waals surface area contributed by atoms with Crippen LogP contribution in [0.1, 0.15) is 32.1 Å². The summed E-state index contributed by atoms with van der Waals surface area (Å²) in [5.41, 5.74) is -1.98. The third kappa shape index (κ3) is 2.39. The number of quaternary nitrogens is 1. The highest BCUT2D eigenvalue weighted by atomic mass is 127. The molecule has 2 bridgehead atoms. The van der Waals surface area contributed by atoms with Gasteiger partial charge in [-0.05, 0) is 37.0 Å². The summed E-state index contributed by atoms with van der Waals surface area (Å²) in [6.45, 7) is 1.64. The Labute approximate surface area is 181 Å². The third-order valence-corrected chi connectivity index (χ3v) is 8.05. The first kappa shape index (κ1) is 20.4. The van der Waals surface area contributed by atoms with E-state index in [1.807, 2.05) is 6.08 Å². The predicted octanol–water partition coefficient (Wildman–Crippen LogP) is 0.939. The number of allylic oxidation sites excluding steroid dienone is 3. The molecule has 5 aliphatic rings. The van der Waals surface area contributed by atoms with Crippen LogP contribution in [0.5, 0.6) is 0 Å². The number of rotatable bonds is 2. The van der Waals surface area contributed by atoms with E-state index in [0.29, 0.717) is 28.9 Å². The molecular weight excluding hydrogens is 473 g/mol. The van der Waals surface area contributed by atoms with Crippen molar-refractivity contribution in [1.29, 1.82) is 0 Å². The Morgan fingerprint density at radius 2 is 1.89 bits per heavy atom. The monoisotopic (exact) mass is 500 g/mol. The van der Waals surface area contributed by atoms with Crippen molar-refractivity contribution in [2.24, 2.45) is 17.3 Å². The molecule has 6 nitrogen and oxygen atoms in total. The number of likely N-dealkylation sites (N-methyl/N-ethyl adjacent to an activating group) is 1. The van der Waals surface area contributed by atoms with Crippen LogP contribution in [0.4, 0.5) is 0 Å². The lowest BCUT2D eigenvalue weighted by atomic mass is 9.44. The number of aliphatic hydroxyl groups excluding tert-OH is 1. The quantitative estimate of drug-likeness (QED) is 0.335. The van der Waals surface area contributed by atoms with Gasteiger partial charge < -0.3 is 14.7 Å². The number of nitrogens with zero attached hydrogens (tertiary/aromatic N) is 1. The number of hydrogen-bond acceptors (Lipinski definition) is 5. The number of likely N-dealkylation sites (tertiary alicyclic amines) is 1. The molecule has 1 heterocycles. The standard InChI is InChI=1S/C21H26NO5.HI/c1-22(11-12-2-3-12)9-8-20-17-13(4-5-14(23)18(17)25)10-16(22)21(20,27)7-6-15(24)19(20)26;/h4-5,10,12,16-17,19,26-27H,2-3,6-9,11H2,1H3;1H/q+1;/t16-,17?,19?,20?,21-,22?;/m1./s1. The van der Waals surface area contributed by atoms with Gasteiger partial charge in [-0.25, -0.2) is 0 Å². The minimum absolute atomic E-state index is 0. The molecule has 28 heavy (non-hydrogen) atoms. The molecule has 0 aromatic rings. The van der Waals surface area contributed by atoms with E-state index >= 15 is 0 Å². The van der Waals surface area contributed by atoms with Gasteiger partial charge in [0.1, 0.15) is 17.7 Å². The maximum atomic E-state index is 12.9. The van der Waals surface area contributed by atoms with Crippen LogP contribution in [0.15, 0.2) is 23.8 Å². The molecule has 0 aromatic carbocycles. The second-order valence-electron chi connectivity index (χ2n) is 9.52. The van der Waals surface area contributed by atoms with Crippen LogP contribution in [0, 0.1) is 17.3 Å². The molecule has 0 radical (unpaired) electrons. The van der Waals surface area contributed by atoms with E-state index in [-0.39, 0.29) is 48.6 Å². The SMILES string of the molecule is C[N+]1(CC2CC2)CCC23C(O)C(=O)CC[C@@]2(O)[C@H]1C=C1C=CC(=O)C(=O)C13.I. The van der Waals surface area contributed by atoms with Gasteiger partial charge in [0.05, 0.1) is 31.5 Å². The highest BCUT2D eigenvalue weighted by Gasteiger charge is 2.75. The van der Waals surface area contributed by atoms with Crippen LogP contribution in [-0.4, -0.2) is 69.9 Å². The molecule has 4 unspecified atom stereocenters. The molecule has 1 saturated heterocycles. The number of aliphatic hydroxyl groups is 2. The molecular formula is C21H27INO5+. The number of carbonyl (C=O) groups excluding carboxylic acids is 3. The smallest absolute Gasteiger partial charge is 0.222 e. The summed E-state index contributed by atoms with van der Waals surface area (Å²) in [7, 11) is 2.14. The summed E-state index contributed by atoms with van der Waals surface area (Å²) in [5.74, 6) is -1.81. The van der Waals surface area contributed by atoms with E-state index in [0.717, 1.165) is 6.54 Å². The van der Waals surface area contributed by atoms with Crippen molar-refractivity contribution in [3.05, 3.63) is 23.8 Å². The van der Waals surface area contributed by atoms with Gasteiger partial charge in [-0.1, -0.05) is 6.08 Å². The van der Waals surface area contributed by atoms with Gasteiger partial charge in [0.2, 0.25) is 11.6 Å². The van der Waals surface area contributed by atoms with E-state index in [2.05, 4.69) is 7.05 Å². The van der Waals surface area contributed by atoms with Gasteiger partial charge in [-0.15, -0.1) is 24.0 Å². The second-order valence-corrected chi connectivity index (χ2v) is 9.52. The fraction of sp³-hybridized carbons (Fsp3) is 0.667. The summed E-state index contributed by atoms with van der Waals surface area (Å²) < 4.78 is 0.663. The fourth-order valence-electron chi connectivity index (χ4n) is 6.55. The van der Waals surface area contributed by atoms with Crippen molar-refractivity contribution < 1.29 is 29.1 Å². The zero-order valence-corrected chi connectivity index (χ0v) is 18.3. The molecule has 7 heteroatoms. The molecule has 0 spiro atoms. The van der Waals surface area contributed by atoms with E-state index in [1.54, 1.807) is 6.08 Å². The van der Waals surface area contributed by atoms with Crippen molar-refractivity contribution in [3.63, 3.8) is 0 Å². The maximum Gasteiger partial charge on any atom is 0.222 e. The summed E-state index contributed by atoms with van der Waals surface area (Å²) >= 11 is 0. The first-order valence-corrected chi connectivity index (χ1v) is 9.98. The van der Waals surface area contributed by atoms with E-state index in [4.69, 9.17) is 0 Å². The number of ketones is 3. The van der Waals surface area contributed by atoms with Crippen molar-refractivity contribution in [1.82, 2.24) is 0 Å². The van der Waals surface area contributed by atoms with Gasteiger partial charge in [0, 0.05) is 18.8 Å². The highest BCUT2D eigenvalue weighted by molar-refractivity contribution is 14.0. The normalized spacial score (nSPS) is 47.0. The van der Waals surface area contributed by atoms with Gasteiger partial charge in [0.25, 0.3) is 0 Å². The lowest BCUT2D eigenvalue weighted by Crippen LogP contribution is -2.81. The topological polar surface area (TPSA) is 91.7 Å². The van der Waals surface area contributed by atoms with Crippen molar-refractivity contribution in [2.45, 2.75) is 49.9 Å². The average Bonchev–Trinajstić information content (AvgIpc) is 3.43. The number of piperidine rings is 1. The summed E-state index contributed by atoms with van der Waals surface area (Å²) in [6, 6.07) is -0.286. The largest absolute Gasteiger partial charge is 0.385 e. The Kier molecular flexibility index (Phi) is 4.58. The lowest BCUT2D eigenvalue weighted by Gasteiger charge is -2.66. The Morgan fingerprint density at radius 3 is 2.57 bits per heavy atom. The Morgan fingerprint density at radius 1 is 1.18 bits per heavy atom. The van der Waals surface area contributed by atoms with E-state index in [1.165, 1.54) is 18.9 Å². The third-order valence-electron chi connectivity index (χ3n) is 8.05. The number of hydrogen-bond donors (Lipinski definition) is 2. The zero-order chi connectivity index (χ0) is 19.2. The second kappa shape index (κ2) is 6.30. The Hall–Kier alpha value is -0.900. The summed E-state index contributed by atoms with van der Waals surface area (Å²) in [5, 5.41) is 23.0. The Balaban J connectivity index is 0.00000192. The molecule has 2 N–H and O–H groups in total. The predicted molar refractivity (Wildman–Crippen MR) is 111 cm³/mol. The summed E-state index contributed by atoms with van der Waals surface area (Å²) in [4.78, 5) is 37.5. The van der Waals surface area contributed by atoms with Crippen LogP contribution in [0.25, 0.3) is 0 Å². The Bertz CT molecular complexity index is 833. The van der Waals surface area contributed by atoms with Crippen LogP contribution in [0.2, 0.25) is 0 Å². The van der Waals surface area contributed by atoms with Gasteiger partial charge in [-0.2, -0.15) is 0 Å². The number of Topliss-reactive ketones (excluding diaryl/α,β-unsaturated/α-hetero) is 2. The minimum atomic E-state index is -1.41. The van der Waals surface area contributed by atoms with Crippen LogP contribution in [0.3, 0.4) is 0 Å². The molecule has 0 aromatic heterocycles. The van der Waals surface area contributed by atoms with E-state index in [9.17, 15) is 24.6 Å². The average molecular weight is 500 g/mol. The molecule has 4 aliphatic carbocycles. The number of carbonyl (C=O) groups is 3. The first-order chi connectivity index (χ1) is 12.7. The van der Waals surface area contributed by atoms with Gasteiger partial charge in [-0.3, -0.25) is 14.4 Å². The molecule has 3 fully saturated rings. The number of halogens is 1. The molecule has 0 amide bonds. The molecule has 6 atom stereocenters. The van der Waals surface area contributed by atoms with Crippen molar-refractivity contribution in [3.8, 4) is 0 Å². The van der Waals surface area contributed by atoms with Crippen LogP contribution in [-0.2, 0) is 14.4 Å². The van der Waals surface area contributed by atoms with Crippen molar-refractivity contribution >= 4 is 41.3 Å². The molecule has 1 aliphatic heterocycles. The minimum Gasteiger partial charge on any atom is -0.385 e. The first-order valence-electron chi connectivity index (χ1n) is 9.98. The fourth-order valence-corrected chi connectivity index (χ4v) is 6.55. The number of fused-ring (bicyclic) bond motifs is 1. The highest BCUT2D eigenvalue weighted by Crippen LogP contribution is 2.62. The molecule has 2 saturated carbocycles. The van der Waals surface area contributed by atoms with Crippen LogP contribution >= 0.6 is 24.0 Å². The molecule has 152 valence electrons. The van der Waals surface area contributed by atoms with Crippen molar-refractivity contribution in [2.75, 3.05) is 20.1 Å². The van der Waals surface area contributed by atoms with Crippen LogP contribution < -0.4 is 0 Å². The van der Waals surface area contributed by atoms with Gasteiger partial charge >= 0.3 is 0 Å². The van der Waals surface area contributed by atoms with E-state index < -0.39 is 34.6 Å². The molecule has 5 rings (SSSR count). The zero-order valence-electron chi connectivity index (χ0n) is 16.0. The lowest BCUT2D eigenvalue weighted by molar-refractivity contribution is -0.945. The maximum absolute atomic E-state index is 12.9. The van der Waals surface area contributed by atoms with Gasteiger partial charge in [0.15, 0.2) is 5.78 Å².